The van der Waals surface area contributed by atoms with Crippen LogP contribution in [0.2, 0.25) is 0 Å². The number of amides is 1. The van der Waals surface area contributed by atoms with Gasteiger partial charge in [-0.05, 0) is 35.6 Å². The molecule has 0 bridgehead atoms. The molecule has 1 saturated heterocycles. The third-order valence-corrected chi connectivity index (χ3v) is 5.22. The zero-order valence-corrected chi connectivity index (χ0v) is 14.0. The molecule has 7 heteroatoms. The predicted molar refractivity (Wildman–Crippen MR) is 86.2 cm³/mol. The number of fused-ring (bicyclic) bond motifs is 3. The molecule has 1 atom stereocenters. The molecule has 1 aromatic carbocycles. The first kappa shape index (κ1) is 15.0. The summed E-state index contributed by atoms with van der Waals surface area (Å²) in [6, 6.07) is 5.55. The highest BCUT2D eigenvalue weighted by atomic mass is 32.1. The molecule has 3 heterocycles. The number of methoxy groups -OCH3 is 2. The minimum absolute atomic E-state index is 0.406. The van der Waals surface area contributed by atoms with Gasteiger partial charge in [0.25, 0.3) is 0 Å². The molecular weight excluding hydrogens is 330 g/mol. The number of hydrogen-bond donors (Lipinski definition) is 0. The Morgan fingerprint density at radius 3 is 2.62 bits per heavy atom. The lowest BCUT2D eigenvalue weighted by Gasteiger charge is -2.40. The maximum Gasteiger partial charge on any atom is 0.399 e. The standard InChI is InChI=1S/C17H15NO5S/c1-21-13-7-10-3-5-18-15(19)16(20)23-17(18,11-4-6-24-9-11)12(10)8-14(13)22-2/h4,6-9H,3,5H2,1-2H3. The van der Waals surface area contributed by atoms with Gasteiger partial charge in [-0.3, -0.25) is 9.69 Å². The summed E-state index contributed by atoms with van der Waals surface area (Å²) in [7, 11) is 3.13. The van der Waals surface area contributed by atoms with Crippen molar-refractivity contribution < 1.29 is 23.8 Å². The number of thiophene rings is 1. The molecule has 124 valence electrons. The summed E-state index contributed by atoms with van der Waals surface area (Å²) >= 11 is 1.49. The van der Waals surface area contributed by atoms with Crippen LogP contribution in [0, 0.1) is 0 Å². The molecule has 1 aromatic heterocycles. The summed E-state index contributed by atoms with van der Waals surface area (Å²) in [5.41, 5.74) is 1.25. The Bertz CT molecular complexity index is 832. The fraction of sp³-hybridized carbons (Fsp3) is 0.294. The largest absolute Gasteiger partial charge is 0.493 e. The van der Waals surface area contributed by atoms with E-state index in [1.807, 2.05) is 22.9 Å². The molecule has 0 radical (unpaired) electrons. The molecule has 0 aliphatic carbocycles. The van der Waals surface area contributed by atoms with Crippen molar-refractivity contribution in [2.75, 3.05) is 20.8 Å². The molecule has 1 amide bonds. The van der Waals surface area contributed by atoms with Gasteiger partial charge in [0.05, 0.1) is 14.2 Å². The first-order valence-electron chi connectivity index (χ1n) is 7.45. The molecule has 2 aliphatic heterocycles. The summed E-state index contributed by atoms with van der Waals surface area (Å²) in [5, 5.41) is 3.79. The molecular formula is C17H15NO5S. The van der Waals surface area contributed by atoms with Gasteiger partial charge in [-0.1, -0.05) is 0 Å². The molecule has 0 saturated carbocycles. The molecule has 2 aromatic rings. The zero-order chi connectivity index (χ0) is 16.9. The highest BCUT2D eigenvalue weighted by Gasteiger charge is 2.58. The molecule has 2 aliphatic rings. The molecule has 0 spiro atoms. The zero-order valence-electron chi connectivity index (χ0n) is 13.2. The number of rotatable bonds is 3. The van der Waals surface area contributed by atoms with Gasteiger partial charge in [-0.15, -0.1) is 0 Å². The first-order chi connectivity index (χ1) is 11.6. The van der Waals surface area contributed by atoms with Crippen molar-refractivity contribution in [2.24, 2.45) is 0 Å². The van der Waals surface area contributed by atoms with Crippen molar-refractivity contribution in [3.63, 3.8) is 0 Å². The average Bonchev–Trinajstić information content (AvgIpc) is 3.22. The van der Waals surface area contributed by atoms with Crippen molar-refractivity contribution in [3.8, 4) is 11.5 Å². The fourth-order valence-corrected chi connectivity index (χ4v) is 4.14. The van der Waals surface area contributed by atoms with Gasteiger partial charge < -0.3 is 14.2 Å². The van der Waals surface area contributed by atoms with Gasteiger partial charge in [0.15, 0.2) is 11.5 Å². The minimum atomic E-state index is -1.22. The van der Waals surface area contributed by atoms with E-state index in [0.717, 1.165) is 16.7 Å². The van der Waals surface area contributed by atoms with Crippen LogP contribution in [0.4, 0.5) is 0 Å². The summed E-state index contributed by atoms with van der Waals surface area (Å²) in [4.78, 5) is 25.9. The highest BCUT2D eigenvalue weighted by Crippen LogP contribution is 2.49. The first-order valence-corrected chi connectivity index (χ1v) is 8.39. The highest BCUT2D eigenvalue weighted by molar-refractivity contribution is 7.08. The van der Waals surface area contributed by atoms with E-state index in [-0.39, 0.29) is 0 Å². The van der Waals surface area contributed by atoms with E-state index in [1.165, 1.54) is 16.2 Å². The molecule has 24 heavy (non-hydrogen) atoms. The molecule has 1 fully saturated rings. The van der Waals surface area contributed by atoms with Crippen molar-refractivity contribution in [1.82, 2.24) is 4.90 Å². The van der Waals surface area contributed by atoms with E-state index < -0.39 is 17.6 Å². The monoisotopic (exact) mass is 345 g/mol. The maximum absolute atomic E-state index is 12.3. The number of carbonyl (C=O) groups excluding carboxylic acids is 2. The van der Waals surface area contributed by atoms with E-state index in [0.29, 0.717) is 24.5 Å². The summed E-state index contributed by atoms with van der Waals surface area (Å²) in [6.45, 7) is 0.406. The third-order valence-electron chi connectivity index (χ3n) is 4.53. The van der Waals surface area contributed by atoms with Crippen molar-refractivity contribution in [3.05, 3.63) is 45.6 Å². The number of esters is 1. The number of nitrogens with zero attached hydrogens (tertiary/aromatic N) is 1. The molecule has 1 unspecified atom stereocenters. The van der Waals surface area contributed by atoms with E-state index in [1.54, 1.807) is 20.3 Å². The second-order valence-electron chi connectivity index (χ2n) is 5.62. The quantitative estimate of drug-likeness (QED) is 0.628. The summed E-state index contributed by atoms with van der Waals surface area (Å²) in [5.74, 6) is -0.297. The Hall–Kier alpha value is -2.54. The Kier molecular flexibility index (Phi) is 3.28. The van der Waals surface area contributed by atoms with Gasteiger partial charge in [-0.2, -0.15) is 11.3 Å². The van der Waals surface area contributed by atoms with Gasteiger partial charge in [0, 0.05) is 23.1 Å². The van der Waals surface area contributed by atoms with E-state index >= 15 is 0 Å². The van der Waals surface area contributed by atoms with Gasteiger partial charge in [-0.25, -0.2) is 4.79 Å². The van der Waals surface area contributed by atoms with Crippen LogP contribution >= 0.6 is 11.3 Å². The Morgan fingerprint density at radius 1 is 1.21 bits per heavy atom. The number of benzene rings is 1. The SMILES string of the molecule is COc1cc2c(cc1OC)C1(c3ccsc3)OC(=O)C(=O)N1CC2. The Labute approximate surface area is 142 Å². The lowest BCUT2D eigenvalue weighted by Crippen LogP contribution is -2.49. The Balaban J connectivity index is 2.01. The summed E-state index contributed by atoms with van der Waals surface area (Å²) in [6.07, 6.45) is 0.615. The lowest BCUT2D eigenvalue weighted by molar-refractivity contribution is -0.152. The van der Waals surface area contributed by atoms with Crippen LogP contribution in [-0.4, -0.2) is 37.5 Å². The lowest BCUT2D eigenvalue weighted by atomic mass is 9.85. The predicted octanol–water partition coefficient (Wildman–Crippen LogP) is 1.91. The smallest absolute Gasteiger partial charge is 0.399 e. The van der Waals surface area contributed by atoms with Gasteiger partial charge >= 0.3 is 11.9 Å². The number of carbonyl (C=O) groups is 2. The van der Waals surface area contributed by atoms with Gasteiger partial charge in [0.2, 0.25) is 5.72 Å². The Morgan fingerprint density at radius 2 is 1.96 bits per heavy atom. The molecule has 0 N–H and O–H groups in total. The average molecular weight is 345 g/mol. The maximum atomic E-state index is 12.3. The van der Waals surface area contributed by atoms with Crippen LogP contribution in [0.15, 0.2) is 29.0 Å². The van der Waals surface area contributed by atoms with E-state index in [4.69, 9.17) is 14.2 Å². The third kappa shape index (κ3) is 1.81. The number of hydrogen-bond acceptors (Lipinski definition) is 6. The second-order valence-corrected chi connectivity index (χ2v) is 6.40. The second kappa shape index (κ2) is 5.24. The van der Waals surface area contributed by atoms with E-state index in [2.05, 4.69) is 0 Å². The van der Waals surface area contributed by atoms with Crippen LogP contribution in [-0.2, 0) is 26.5 Å². The minimum Gasteiger partial charge on any atom is -0.493 e. The normalized spacial score (nSPS) is 22.0. The van der Waals surface area contributed by atoms with E-state index in [9.17, 15) is 9.59 Å². The summed E-state index contributed by atoms with van der Waals surface area (Å²) < 4.78 is 16.4. The fourth-order valence-electron chi connectivity index (χ4n) is 3.45. The van der Waals surface area contributed by atoms with Crippen molar-refractivity contribution in [2.45, 2.75) is 12.1 Å². The number of ether oxygens (including phenoxy) is 3. The van der Waals surface area contributed by atoms with Crippen molar-refractivity contribution in [1.29, 1.82) is 0 Å². The van der Waals surface area contributed by atoms with Gasteiger partial charge in [0.1, 0.15) is 0 Å². The van der Waals surface area contributed by atoms with Crippen molar-refractivity contribution >= 4 is 23.2 Å². The topological polar surface area (TPSA) is 65.1 Å². The van der Waals surface area contributed by atoms with Crippen LogP contribution in [0.1, 0.15) is 16.7 Å². The molecule has 4 rings (SSSR count). The molecule has 6 nitrogen and oxygen atoms in total. The van der Waals surface area contributed by atoms with Crippen LogP contribution in [0.5, 0.6) is 11.5 Å². The van der Waals surface area contributed by atoms with Crippen LogP contribution < -0.4 is 9.47 Å². The van der Waals surface area contributed by atoms with Crippen LogP contribution in [0.25, 0.3) is 0 Å². The van der Waals surface area contributed by atoms with Crippen LogP contribution in [0.3, 0.4) is 0 Å².